The van der Waals surface area contributed by atoms with Gasteiger partial charge in [0.15, 0.2) is 0 Å². The molecule has 6 nitrogen and oxygen atoms in total. The van der Waals surface area contributed by atoms with E-state index < -0.39 is 11.6 Å². The van der Waals surface area contributed by atoms with Gasteiger partial charge in [0.05, 0.1) is 6.54 Å². The molecule has 0 bridgehead atoms. The number of hydrogen-bond acceptors (Lipinski definition) is 3. The van der Waals surface area contributed by atoms with Gasteiger partial charge in [-0.1, -0.05) is 20.3 Å². The van der Waals surface area contributed by atoms with Crippen LogP contribution in [0.25, 0.3) is 0 Å². The number of nitrogens with zero attached hydrogens (tertiary/aromatic N) is 1. The summed E-state index contributed by atoms with van der Waals surface area (Å²) >= 11 is 0. The smallest absolute Gasteiger partial charge is 0.322 e. The minimum atomic E-state index is -0.893. The minimum Gasteiger partial charge on any atom is -0.339 e. The third-order valence-electron chi connectivity index (χ3n) is 5.15. The second kappa shape index (κ2) is 4.20. The molecule has 20 heavy (non-hydrogen) atoms. The molecule has 0 aromatic rings. The summed E-state index contributed by atoms with van der Waals surface area (Å²) in [5, 5.41) is 4.95. The van der Waals surface area contributed by atoms with Crippen molar-refractivity contribution < 1.29 is 14.4 Å². The van der Waals surface area contributed by atoms with E-state index in [0.29, 0.717) is 19.5 Å². The molecule has 2 heterocycles. The van der Waals surface area contributed by atoms with Crippen LogP contribution in [0.5, 0.6) is 0 Å². The second-order valence-electron chi connectivity index (χ2n) is 6.93. The normalized spacial score (nSPS) is 35.5. The molecule has 0 aromatic carbocycles. The maximum absolute atomic E-state index is 12.7. The summed E-state index contributed by atoms with van der Waals surface area (Å²) in [5.41, 5.74) is -0.858. The van der Waals surface area contributed by atoms with Crippen LogP contribution in [0, 0.1) is 11.3 Å². The molecule has 1 saturated carbocycles. The fraction of sp³-hybridized carbons (Fsp3) is 0.786. The van der Waals surface area contributed by atoms with E-state index in [4.69, 9.17) is 0 Å². The first-order valence-corrected chi connectivity index (χ1v) is 7.26. The molecule has 1 spiro atoms. The van der Waals surface area contributed by atoms with E-state index in [1.54, 1.807) is 4.90 Å². The zero-order chi connectivity index (χ0) is 14.5. The molecule has 3 rings (SSSR count). The predicted molar refractivity (Wildman–Crippen MR) is 71.7 cm³/mol. The largest absolute Gasteiger partial charge is 0.339 e. The molecule has 4 amide bonds. The average Bonchev–Trinajstić information content (AvgIpc) is 2.99. The average molecular weight is 279 g/mol. The van der Waals surface area contributed by atoms with Crippen molar-refractivity contribution >= 4 is 17.8 Å². The van der Waals surface area contributed by atoms with Gasteiger partial charge in [-0.2, -0.15) is 0 Å². The van der Waals surface area contributed by atoms with Gasteiger partial charge in [-0.15, -0.1) is 0 Å². The van der Waals surface area contributed by atoms with Crippen molar-refractivity contribution in [3.63, 3.8) is 0 Å². The Morgan fingerprint density at radius 2 is 2.05 bits per heavy atom. The van der Waals surface area contributed by atoms with E-state index in [-0.39, 0.29) is 23.1 Å². The molecule has 0 aromatic heterocycles. The number of carbonyl (C=O) groups excluding carboxylic acids is 3. The maximum atomic E-state index is 12.7. The van der Waals surface area contributed by atoms with Gasteiger partial charge in [-0.25, -0.2) is 4.79 Å². The standard InChI is InChI=1S/C14H21N3O3/c1-13(2)5-3-4-9(13)10(18)17-7-6-14(8-17)11(19)15-12(20)16-14/h9H,3-8H2,1-2H3,(H2,15,16,19,20). The summed E-state index contributed by atoms with van der Waals surface area (Å²) in [5.74, 6) is -0.125. The SMILES string of the molecule is CC1(C)CCCC1C(=O)N1CCC2(C1)NC(=O)NC2=O. The van der Waals surface area contributed by atoms with Crippen LogP contribution in [0.15, 0.2) is 0 Å². The monoisotopic (exact) mass is 279 g/mol. The molecule has 0 radical (unpaired) electrons. The van der Waals surface area contributed by atoms with E-state index in [9.17, 15) is 14.4 Å². The van der Waals surface area contributed by atoms with Crippen LogP contribution in [0.3, 0.4) is 0 Å². The Balaban J connectivity index is 1.73. The molecule has 3 aliphatic rings. The highest BCUT2D eigenvalue weighted by Gasteiger charge is 2.53. The molecule has 2 unspecified atom stereocenters. The first-order valence-electron chi connectivity index (χ1n) is 7.26. The van der Waals surface area contributed by atoms with Crippen molar-refractivity contribution in [2.75, 3.05) is 13.1 Å². The Kier molecular flexibility index (Phi) is 2.81. The number of carbonyl (C=O) groups is 3. The van der Waals surface area contributed by atoms with Gasteiger partial charge in [0.1, 0.15) is 5.54 Å². The summed E-state index contributed by atoms with van der Waals surface area (Å²) in [4.78, 5) is 37.6. The Labute approximate surface area is 118 Å². The van der Waals surface area contributed by atoms with Gasteiger partial charge in [-0.05, 0) is 24.7 Å². The topological polar surface area (TPSA) is 78.5 Å². The molecule has 2 N–H and O–H groups in total. The Hall–Kier alpha value is -1.59. The Morgan fingerprint density at radius 1 is 1.30 bits per heavy atom. The van der Waals surface area contributed by atoms with Crippen molar-refractivity contribution in [3.05, 3.63) is 0 Å². The molecular formula is C14H21N3O3. The fourth-order valence-corrected chi connectivity index (χ4v) is 3.82. The lowest BCUT2D eigenvalue weighted by molar-refractivity contribution is -0.137. The highest BCUT2D eigenvalue weighted by molar-refractivity contribution is 6.07. The number of rotatable bonds is 1. The highest BCUT2D eigenvalue weighted by atomic mass is 16.2. The molecule has 6 heteroatoms. The number of likely N-dealkylation sites (tertiary alicyclic amines) is 1. The van der Waals surface area contributed by atoms with Crippen LogP contribution < -0.4 is 10.6 Å². The van der Waals surface area contributed by atoms with Crippen molar-refractivity contribution in [2.45, 2.75) is 45.1 Å². The van der Waals surface area contributed by atoms with Crippen molar-refractivity contribution in [1.82, 2.24) is 15.5 Å². The number of hydrogen-bond donors (Lipinski definition) is 2. The number of urea groups is 1. The molecule has 2 atom stereocenters. The number of amides is 4. The summed E-state index contributed by atoms with van der Waals surface area (Å²) in [6, 6.07) is -0.453. The zero-order valence-electron chi connectivity index (χ0n) is 12.0. The zero-order valence-corrected chi connectivity index (χ0v) is 12.0. The van der Waals surface area contributed by atoms with Gasteiger partial charge in [0.25, 0.3) is 5.91 Å². The van der Waals surface area contributed by atoms with Crippen LogP contribution in [-0.4, -0.2) is 41.4 Å². The van der Waals surface area contributed by atoms with Crippen LogP contribution in [-0.2, 0) is 9.59 Å². The first kappa shape index (κ1) is 13.4. The lowest BCUT2D eigenvalue weighted by Crippen LogP contribution is -2.50. The third-order valence-corrected chi connectivity index (χ3v) is 5.15. The fourth-order valence-electron chi connectivity index (χ4n) is 3.82. The van der Waals surface area contributed by atoms with E-state index in [0.717, 1.165) is 19.3 Å². The van der Waals surface area contributed by atoms with E-state index in [1.165, 1.54) is 0 Å². The van der Waals surface area contributed by atoms with Crippen LogP contribution in [0.4, 0.5) is 4.79 Å². The first-order chi connectivity index (χ1) is 9.34. The molecule has 1 aliphatic carbocycles. The molecular weight excluding hydrogens is 258 g/mol. The molecule has 3 fully saturated rings. The van der Waals surface area contributed by atoms with Gasteiger partial charge in [0.2, 0.25) is 5.91 Å². The van der Waals surface area contributed by atoms with E-state index >= 15 is 0 Å². The Bertz CT molecular complexity index is 488. The minimum absolute atomic E-state index is 0.0357. The summed E-state index contributed by atoms with van der Waals surface area (Å²) in [6.07, 6.45) is 3.58. The van der Waals surface area contributed by atoms with Gasteiger partial charge >= 0.3 is 6.03 Å². The number of nitrogens with one attached hydrogen (secondary N) is 2. The van der Waals surface area contributed by atoms with Crippen molar-refractivity contribution in [1.29, 1.82) is 0 Å². The lowest BCUT2D eigenvalue weighted by Gasteiger charge is -2.30. The second-order valence-corrected chi connectivity index (χ2v) is 6.93. The predicted octanol–water partition coefficient (Wildman–Crippen LogP) is 0.623. The molecule has 2 aliphatic heterocycles. The van der Waals surface area contributed by atoms with E-state index in [1.807, 2.05) is 0 Å². The van der Waals surface area contributed by atoms with Crippen LogP contribution in [0.1, 0.15) is 39.5 Å². The van der Waals surface area contributed by atoms with Crippen LogP contribution >= 0.6 is 0 Å². The van der Waals surface area contributed by atoms with Crippen LogP contribution in [0.2, 0.25) is 0 Å². The molecule has 2 saturated heterocycles. The highest BCUT2D eigenvalue weighted by Crippen LogP contribution is 2.44. The van der Waals surface area contributed by atoms with Gasteiger partial charge < -0.3 is 10.2 Å². The summed E-state index contributed by atoms with van der Waals surface area (Å²) < 4.78 is 0. The van der Waals surface area contributed by atoms with E-state index in [2.05, 4.69) is 24.5 Å². The molecule has 110 valence electrons. The summed E-state index contributed by atoms with van der Waals surface area (Å²) in [6.45, 7) is 5.12. The van der Waals surface area contributed by atoms with Crippen molar-refractivity contribution in [2.24, 2.45) is 11.3 Å². The van der Waals surface area contributed by atoms with Gasteiger partial charge in [0, 0.05) is 12.5 Å². The summed E-state index contributed by atoms with van der Waals surface area (Å²) in [7, 11) is 0. The van der Waals surface area contributed by atoms with Crippen molar-refractivity contribution in [3.8, 4) is 0 Å². The quantitative estimate of drug-likeness (QED) is 0.691. The maximum Gasteiger partial charge on any atom is 0.322 e. The van der Waals surface area contributed by atoms with Gasteiger partial charge in [-0.3, -0.25) is 14.9 Å². The third kappa shape index (κ3) is 1.89. The Morgan fingerprint density at radius 3 is 2.60 bits per heavy atom. The number of imide groups is 1. The lowest BCUT2D eigenvalue weighted by atomic mass is 9.81.